The first-order chi connectivity index (χ1) is 16.0. The highest BCUT2D eigenvalue weighted by Gasteiger charge is 2.15. The smallest absolute Gasteiger partial charge is 0.244 e. The van der Waals surface area contributed by atoms with Gasteiger partial charge in [-0.05, 0) is 57.4 Å². The fraction of sp³-hybridized carbons (Fsp3) is 0.167. The summed E-state index contributed by atoms with van der Waals surface area (Å²) in [6.45, 7) is 0.482. The highest BCUT2D eigenvalue weighted by Crippen LogP contribution is 2.37. The summed E-state index contributed by atoms with van der Waals surface area (Å²) in [5, 5.41) is 4.68. The summed E-state index contributed by atoms with van der Waals surface area (Å²) < 4.78 is 22.7. The van der Waals surface area contributed by atoms with Crippen LogP contribution in [-0.4, -0.2) is 26.0 Å². The van der Waals surface area contributed by atoms with E-state index in [4.69, 9.17) is 30.5 Å². The van der Waals surface area contributed by atoms with Crippen molar-refractivity contribution >= 4 is 39.7 Å². The zero-order valence-corrected chi connectivity index (χ0v) is 20.0. The van der Waals surface area contributed by atoms with Crippen LogP contribution in [-0.2, 0) is 17.8 Å². The summed E-state index contributed by atoms with van der Waals surface area (Å²) in [5.74, 6) is 2.12. The summed E-state index contributed by atoms with van der Waals surface area (Å²) >= 11 is 9.71. The molecule has 0 spiro atoms. The van der Waals surface area contributed by atoms with Crippen LogP contribution in [0.3, 0.4) is 0 Å². The first-order valence-corrected chi connectivity index (χ1v) is 11.1. The van der Waals surface area contributed by atoms with Gasteiger partial charge in [0.25, 0.3) is 0 Å². The lowest BCUT2D eigenvalue weighted by atomic mass is 10.1. The summed E-state index contributed by atoms with van der Waals surface area (Å²) in [6, 6.07) is 16.4. The molecule has 1 aliphatic heterocycles. The molecule has 9 heteroatoms. The third-order valence-electron chi connectivity index (χ3n) is 4.79. The summed E-state index contributed by atoms with van der Waals surface area (Å²) in [7, 11) is 1.55. The third-order valence-corrected chi connectivity index (χ3v) is 5.74. The van der Waals surface area contributed by atoms with Crippen molar-refractivity contribution in [1.82, 2.24) is 5.43 Å². The standard InChI is InChI=1S/C24H20BrClN2O5/c1-30-22-10-16(8-18(25)24(22)31-13-17-4-2-3-5-19(17)26)12-27-28-23(29)11-15-6-7-20-21(9-15)33-14-32-20/h2-10,12H,11,13-14H2,1H3,(H,28,29)/b27-12-. The summed E-state index contributed by atoms with van der Waals surface area (Å²) in [4.78, 5) is 12.2. The first kappa shape index (κ1) is 22.9. The first-order valence-electron chi connectivity index (χ1n) is 9.97. The van der Waals surface area contributed by atoms with Gasteiger partial charge >= 0.3 is 0 Å². The van der Waals surface area contributed by atoms with Gasteiger partial charge in [0.15, 0.2) is 23.0 Å². The van der Waals surface area contributed by atoms with Gasteiger partial charge in [0.1, 0.15) is 6.61 Å². The van der Waals surface area contributed by atoms with E-state index in [1.54, 1.807) is 25.3 Å². The SMILES string of the molecule is COc1cc(/C=N\NC(=O)Cc2ccc3c(c2)OCO3)cc(Br)c1OCc1ccccc1Cl. The number of ether oxygens (including phenoxy) is 4. The normalized spacial score (nSPS) is 12.1. The zero-order valence-electron chi connectivity index (χ0n) is 17.6. The Bertz CT molecular complexity index is 1200. The number of rotatable bonds is 8. The molecular formula is C24H20BrClN2O5. The van der Waals surface area contributed by atoms with Crippen molar-refractivity contribution in [3.8, 4) is 23.0 Å². The Hall–Kier alpha value is -3.23. The monoisotopic (exact) mass is 530 g/mol. The molecule has 0 atom stereocenters. The van der Waals surface area contributed by atoms with Gasteiger partial charge in [0.05, 0.1) is 24.2 Å². The van der Waals surface area contributed by atoms with Gasteiger partial charge in [-0.2, -0.15) is 5.10 Å². The molecule has 170 valence electrons. The maximum Gasteiger partial charge on any atom is 0.244 e. The molecule has 0 fully saturated rings. The molecule has 7 nitrogen and oxygen atoms in total. The second-order valence-corrected chi connectivity index (χ2v) is 8.33. The molecule has 4 rings (SSSR count). The number of amides is 1. The van der Waals surface area contributed by atoms with Gasteiger partial charge in [-0.15, -0.1) is 0 Å². The predicted octanol–water partition coefficient (Wildman–Crippen LogP) is 5.11. The van der Waals surface area contributed by atoms with Gasteiger partial charge in [-0.25, -0.2) is 5.43 Å². The number of halogens is 2. The van der Waals surface area contributed by atoms with E-state index in [0.717, 1.165) is 11.1 Å². The van der Waals surface area contributed by atoms with Gasteiger partial charge in [-0.1, -0.05) is 35.9 Å². The molecule has 0 saturated heterocycles. The van der Waals surface area contributed by atoms with E-state index >= 15 is 0 Å². The number of carbonyl (C=O) groups excluding carboxylic acids is 1. The van der Waals surface area contributed by atoms with Crippen molar-refractivity contribution in [3.63, 3.8) is 0 Å². The van der Waals surface area contributed by atoms with Crippen LogP contribution in [0.5, 0.6) is 23.0 Å². The van der Waals surface area contributed by atoms with Gasteiger partial charge in [0, 0.05) is 10.6 Å². The number of hydrogen-bond acceptors (Lipinski definition) is 6. The third kappa shape index (κ3) is 5.77. The van der Waals surface area contributed by atoms with Gasteiger partial charge in [0.2, 0.25) is 12.7 Å². The predicted molar refractivity (Wildman–Crippen MR) is 128 cm³/mol. The Kier molecular flexibility index (Phi) is 7.36. The van der Waals surface area contributed by atoms with Crippen LogP contribution in [0.1, 0.15) is 16.7 Å². The molecule has 0 radical (unpaired) electrons. The highest BCUT2D eigenvalue weighted by molar-refractivity contribution is 9.10. The van der Waals surface area contributed by atoms with Crippen LogP contribution in [0.2, 0.25) is 5.02 Å². The summed E-state index contributed by atoms with van der Waals surface area (Å²) in [6.07, 6.45) is 1.69. The largest absolute Gasteiger partial charge is 0.493 e. The number of benzene rings is 3. The van der Waals surface area contributed by atoms with Crippen LogP contribution >= 0.6 is 27.5 Å². The van der Waals surface area contributed by atoms with E-state index < -0.39 is 0 Å². The molecule has 1 amide bonds. The average Bonchev–Trinajstić information content (AvgIpc) is 3.27. The van der Waals surface area contributed by atoms with Crippen molar-refractivity contribution in [2.24, 2.45) is 5.10 Å². The Morgan fingerprint density at radius 2 is 2.00 bits per heavy atom. The second-order valence-electron chi connectivity index (χ2n) is 7.07. The molecule has 0 aromatic heterocycles. The average molecular weight is 532 g/mol. The van der Waals surface area contributed by atoms with Gasteiger partial charge in [-0.3, -0.25) is 4.79 Å². The van der Waals surface area contributed by atoms with E-state index in [1.807, 2.05) is 36.4 Å². The molecule has 1 aliphatic rings. The van der Waals surface area contributed by atoms with Crippen molar-refractivity contribution in [2.45, 2.75) is 13.0 Å². The molecule has 33 heavy (non-hydrogen) atoms. The lowest BCUT2D eigenvalue weighted by molar-refractivity contribution is -0.120. The van der Waals surface area contributed by atoms with Gasteiger partial charge < -0.3 is 18.9 Å². The molecule has 1 heterocycles. The fourth-order valence-corrected chi connectivity index (χ4v) is 3.94. The Balaban J connectivity index is 1.38. The maximum absolute atomic E-state index is 12.2. The van der Waals surface area contributed by atoms with Crippen molar-refractivity contribution in [3.05, 3.63) is 80.8 Å². The Morgan fingerprint density at radius 3 is 2.82 bits per heavy atom. The second kappa shape index (κ2) is 10.6. The van der Waals surface area contributed by atoms with Crippen LogP contribution in [0.15, 0.2) is 64.2 Å². The number of nitrogens with zero attached hydrogens (tertiary/aromatic N) is 1. The molecule has 3 aromatic rings. The van der Waals surface area contributed by atoms with E-state index in [-0.39, 0.29) is 25.7 Å². The van der Waals surface area contributed by atoms with E-state index in [2.05, 4.69) is 26.5 Å². The quantitative estimate of drug-likeness (QED) is 0.323. The zero-order chi connectivity index (χ0) is 23.2. The minimum Gasteiger partial charge on any atom is -0.493 e. The fourth-order valence-electron chi connectivity index (χ4n) is 3.17. The van der Waals surface area contributed by atoms with Crippen molar-refractivity contribution in [1.29, 1.82) is 0 Å². The molecular weight excluding hydrogens is 512 g/mol. The van der Waals surface area contributed by atoms with Crippen LogP contribution < -0.4 is 24.4 Å². The lowest BCUT2D eigenvalue weighted by Gasteiger charge is -2.14. The van der Waals surface area contributed by atoms with E-state index in [0.29, 0.717) is 38.1 Å². The molecule has 0 unspecified atom stereocenters. The number of fused-ring (bicyclic) bond motifs is 1. The number of hydrogen-bond donors (Lipinski definition) is 1. The van der Waals surface area contributed by atoms with Crippen molar-refractivity contribution in [2.75, 3.05) is 13.9 Å². The Morgan fingerprint density at radius 1 is 1.18 bits per heavy atom. The number of methoxy groups -OCH3 is 1. The van der Waals surface area contributed by atoms with Crippen LogP contribution in [0.25, 0.3) is 0 Å². The topological polar surface area (TPSA) is 78.4 Å². The minimum absolute atomic E-state index is 0.163. The number of carbonyl (C=O) groups is 1. The molecule has 0 saturated carbocycles. The Labute approximate surface area is 204 Å². The van der Waals surface area contributed by atoms with Crippen molar-refractivity contribution < 1.29 is 23.7 Å². The molecule has 0 aliphatic carbocycles. The maximum atomic E-state index is 12.2. The van der Waals surface area contributed by atoms with Crippen LogP contribution in [0, 0.1) is 0 Å². The number of nitrogens with one attached hydrogen (secondary N) is 1. The van der Waals surface area contributed by atoms with Crippen LogP contribution in [0.4, 0.5) is 0 Å². The van der Waals surface area contributed by atoms with E-state index in [9.17, 15) is 4.79 Å². The van der Waals surface area contributed by atoms with E-state index in [1.165, 1.54) is 6.21 Å². The minimum atomic E-state index is -0.254. The molecule has 0 bridgehead atoms. The highest BCUT2D eigenvalue weighted by atomic mass is 79.9. The molecule has 3 aromatic carbocycles. The summed E-state index contributed by atoms with van der Waals surface area (Å²) in [5.41, 5.74) is 4.91. The molecule has 1 N–H and O–H groups in total. The lowest BCUT2D eigenvalue weighted by Crippen LogP contribution is -2.19. The number of hydrazone groups is 1.